The molecule has 2 aliphatic rings. The number of amides is 1. The lowest BCUT2D eigenvalue weighted by atomic mass is 9.92. The Labute approximate surface area is 144 Å². The summed E-state index contributed by atoms with van der Waals surface area (Å²) >= 11 is 0. The molecule has 5 heteroatoms. The van der Waals surface area contributed by atoms with Crippen molar-refractivity contribution in [1.82, 2.24) is 9.80 Å². The number of piperidine rings is 1. The summed E-state index contributed by atoms with van der Waals surface area (Å²) in [4.78, 5) is 17.2. The molecule has 5 nitrogen and oxygen atoms in total. The van der Waals surface area contributed by atoms with Gasteiger partial charge < -0.3 is 19.3 Å². The maximum Gasteiger partial charge on any atom is 0.229 e. The highest BCUT2D eigenvalue weighted by Crippen LogP contribution is 2.32. The molecule has 0 aromatic heterocycles. The molecule has 132 valence electrons. The predicted octanol–water partition coefficient (Wildman–Crippen LogP) is 2.05. The van der Waals surface area contributed by atoms with Crippen molar-refractivity contribution in [2.24, 2.45) is 11.8 Å². The van der Waals surface area contributed by atoms with E-state index in [-0.39, 0.29) is 11.8 Å². The van der Waals surface area contributed by atoms with Crippen molar-refractivity contribution in [3.05, 3.63) is 23.8 Å². The van der Waals surface area contributed by atoms with E-state index in [1.807, 2.05) is 18.2 Å². The summed E-state index contributed by atoms with van der Waals surface area (Å²) in [5.41, 5.74) is 1.07. The number of carbonyl (C=O) groups is 1. The molecule has 0 saturated carbocycles. The van der Waals surface area contributed by atoms with Gasteiger partial charge in [-0.3, -0.25) is 4.79 Å². The van der Waals surface area contributed by atoms with Crippen LogP contribution in [-0.4, -0.2) is 63.2 Å². The summed E-state index contributed by atoms with van der Waals surface area (Å²) in [6.45, 7) is 3.28. The second kappa shape index (κ2) is 7.43. The van der Waals surface area contributed by atoms with E-state index in [2.05, 4.69) is 23.9 Å². The van der Waals surface area contributed by atoms with Crippen molar-refractivity contribution in [1.29, 1.82) is 0 Å². The standard InChI is InChI=1S/C19H28N2O3/c1-20(2)11-14-5-4-8-21(12-14)19(22)16-9-15-10-17(23-3)6-7-18(15)24-13-16/h6-7,10,14,16H,4-5,8-9,11-13H2,1-3H3. The number of ether oxygens (including phenoxy) is 2. The predicted molar refractivity (Wildman–Crippen MR) is 93.5 cm³/mol. The van der Waals surface area contributed by atoms with E-state index in [1.165, 1.54) is 6.42 Å². The second-order valence-electron chi connectivity index (χ2n) is 7.24. The fourth-order valence-electron chi connectivity index (χ4n) is 3.85. The van der Waals surface area contributed by atoms with Crippen molar-refractivity contribution in [2.75, 3.05) is 47.4 Å². The van der Waals surface area contributed by atoms with E-state index in [0.29, 0.717) is 12.5 Å². The Balaban J connectivity index is 1.65. The van der Waals surface area contributed by atoms with Crippen molar-refractivity contribution < 1.29 is 14.3 Å². The average Bonchev–Trinajstić information content (AvgIpc) is 2.59. The lowest BCUT2D eigenvalue weighted by Crippen LogP contribution is -2.47. The molecular weight excluding hydrogens is 304 g/mol. The van der Waals surface area contributed by atoms with Crippen LogP contribution in [0.1, 0.15) is 18.4 Å². The Hall–Kier alpha value is -1.75. The number of hydrogen-bond donors (Lipinski definition) is 0. The molecule has 24 heavy (non-hydrogen) atoms. The molecule has 0 radical (unpaired) electrons. The van der Waals surface area contributed by atoms with E-state index in [0.717, 1.165) is 49.5 Å². The molecule has 2 unspecified atom stereocenters. The Morgan fingerprint density at radius 1 is 1.42 bits per heavy atom. The third-order valence-electron chi connectivity index (χ3n) is 4.98. The first-order chi connectivity index (χ1) is 11.6. The number of fused-ring (bicyclic) bond motifs is 1. The molecule has 0 spiro atoms. The van der Waals surface area contributed by atoms with Gasteiger partial charge in [0.2, 0.25) is 5.91 Å². The number of hydrogen-bond acceptors (Lipinski definition) is 4. The summed E-state index contributed by atoms with van der Waals surface area (Å²) in [6.07, 6.45) is 3.05. The van der Waals surface area contributed by atoms with Crippen LogP contribution in [-0.2, 0) is 11.2 Å². The summed E-state index contributed by atoms with van der Waals surface area (Å²) < 4.78 is 11.1. The average molecular weight is 332 g/mol. The molecule has 2 atom stereocenters. The molecule has 1 fully saturated rings. The highest BCUT2D eigenvalue weighted by molar-refractivity contribution is 5.80. The number of carbonyl (C=O) groups excluding carboxylic acids is 1. The van der Waals surface area contributed by atoms with Crippen LogP contribution in [0.2, 0.25) is 0 Å². The zero-order valence-corrected chi connectivity index (χ0v) is 15.0. The fraction of sp³-hybridized carbons (Fsp3) is 0.632. The zero-order chi connectivity index (χ0) is 17.1. The van der Waals surface area contributed by atoms with Gasteiger partial charge in [-0.25, -0.2) is 0 Å². The van der Waals surface area contributed by atoms with Crippen LogP contribution in [0.4, 0.5) is 0 Å². The molecule has 1 amide bonds. The van der Waals surface area contributed by atoms with Crippen molar-refractivity contribution >= 4 is 5.91 Å². The van der Waals surface area contributed by atoms with Gasteiger partial charge in [0, 0.05) is 19.6 Å². The summed E-state index contributed by atoms with van der Waals surface area (Å²) in [5.74, 6) is 2.43. The number of nitrogens with zero attached hydrogens (tertiary/aromatic N) is 2. The maximum atomic E-state index is 12.9. The lowest BCUT2D eigenvalue weighted by Gasteiger charge is -2.37. The van der Waals surface area contributed by atoms with Gasteiger partial charge in [0.15, 0.2) is 0 Å². The SMILES string of the molecule is COc1ccc2c(c1)CC(C(=O)N1CCCC(CN(C)C)C1)CO2. The van der Waals surface area contributed by atoms with Crippen LogP contribution in [0, 0.1) is 11.8 Å². The Bertz CT molecular complexity index is 588. The van der Waals surface area contributed by atoms with Gasteiger partial charge >= 0.3 is 0 Å². The molecule has 1 aromatic carbocycles. The van der Waals surface area contributed by atoms with E-state index in [9.17, 15) is 4.79 Å². The maximum absolute atomic E-state index is 12.9. The highest BCUT2D eigenvalue weighted by Gasteiger charge is 2.32. The van der Waals surface area contributed by atoms with Gasteiger partial charge in [0.25, 0.3) is 0 Å². The molecule has 0 aliphatic carbocycles. The smallest absolute Gasteiger partial charge is 0.229 e. The van der Waals surface area contributed by atoms with Gasteiger partial charge in [-0.05, 0) is 63.0 Å². The monoisotopic (exact) mass is 332 g/mol. The molecule has 0 bridgehead atoms. The normalized spacial score (nSPS) is 23.6. The van der Waals surface area contributed by atoms with E-state index >= 15 is 0 Å². The van der Waals surface area contributed by atoms with Crippen LogP contribution < -0.4 is 9.47 Å². The molecule has 3 rings (SSSR count). The van der Waals surface area contributed by atoms with Crippen LogP contribution in [0.15, 0.2) is 18.2 Å². The first kappa shape index (κ1) is 17.1. The summed E-state index contributed by atoms with van der Waals surface area (Å²) in [5, 5.41) is 0. The minimum absolute atomic E-state index is 0.0808. The van der Waals surface area contributed by atoms with Crippen LogP contribution in [0.3, 0.4) is 0 Å². The molecule has 2 heterocycles. The van der Waals surface area contributed by atoms with Crippen molar-refractivity contribution in [3.8, 4) is 11.5 Å². The number of methoxy groups -OCH3 is 1. The largest absolute Gasteiger partial charge is 0.497 e. The van der Waals surface area contributed by atoms with Crippen LogP contribution >= 0.6 is 0 Å². The summed E-state index contributed by atoms with van der Waals surface area (Å²) in [6, 6.07) is 5.82. The Morgan fingerprint density at radius 2 is 2.25 bits per heavy atom. The Morgan fingerprint density at radius 3 is 3.00 bits per heavy atom. The number of benzene rings is 1. The molecule has 1 aromatic rings. The van der Waals surface area contributed by atoms with Gasteiger partial charge in [0.05, 0.1) is 13.0 Å². The third kappa shape index (κ3) is 3.83. The zero-order valence-electron chi connectivity index (χ0n) is 15.0. The van der Waals surface area contributed by atoms with Crippen LogP contribution in [0.5, 0.6) is 11.5 Å². The lowest BCUT2D eigenvalue weighted by molar-refractivity contribution is -0.138. The second-order valence-corrected chi connectivity index (χ2v) is 7.24. The van der Waals surface area contributed by atoms with Crippen molar-refractivity contribution in [3.63, 3.8) is 0 Å². The van der Waals surface area contributed by atoms with Crippen molar-refractivity contribution in [2.45, 2.75) is 19.3 Å². The van der Waals surface area contributed by atoms with Gasteiger partial charge in [-0.1, -0.05) is 0 Å². The van der Waals surface area contributed by atoms with E-state index in [1.54, 1.807) is 7.11 Å². The first-order valence-electron chi connectivity index (χ1n) is 8.80. The van der Waals surface area contributed by atoms with Crippen LogP contribution in [0.25, 0.3) is 0 Å². The summed E-state index contributed by atoms with van der Waals surface area (Å²) in [7, 11) is 5.85. The quantitative estimate of drug-likeness (QED) is 0.846. The molecule has 2 aliphatic heterocycles. The Kier molecular flexibility index (Phi) is 5.29. The number of rotatable bonds is 4. The first-order valence-corrected chi connectivity index (χ1v) is 8.80. The highest BCUT2D eigenvalue weighted by atomic mass is 16.5. The third-order valence-corrected chi connectivity index (χ3v) is 4.98. The minimum Gasteiger partial charge on any atom is -0.497 e. The fourth-order valence-corrected chi connectivity index (χ4v) is 3.85. The topological polar surface area (TPSA) is 42.0 Å². The van der Waals surface area contributed by atoms with Gasteiger partial charge in [-0.2, -0.15) is 0 Å². The van der Waals surface area contributed by atoms with Gasteiger partial charge in [0.1, 0.15) is 18.1 Å². The molecular formula is C19H28N2O3. The van der Waals surface area contributed by atoms with Gasteiger partial charge in [-0.15, -0.1) is 0 Å². The van der Waals surface area contributed by atoms with E-state index < -0.39 is 0 Å². The number of likely N-dealkylation sites (tertiary alicyclic amines) is 1. The molecule has 1 saturated heterocycles. The minimum atomic E-state index is -0.0808. The molecule has 0 N–H and O–H groups in total. The van der Waals surface area contributed by atoms with E-state index in [4.69, 9.17) is 9.47 Å².